The van der Waals surface area contributed by atoms with Crippen molar-refractivity contribution in [2.24, 2.45) is 5.73 Å². The van der Waals surface area contributed by atoms with Gasteiger partial charge < -0.3 is 26.0 Å². The number of aryl methyl sites for hydroxylation is 2. The van der Waals surface area contributed by atoms with E-state index in [4.69, 9.17) is 10.5 Å². The summed E-state index contributed by atoms with van der Waals surface area (Å²) in [5.74, 6) is -1.74. The van der Waals surface area contributed by atoms with Crippen LogP contribution >= 0.6 is 0 Å². The molecule has 4 N–H and O–H groups in total. The maximum atomic E-state index is 13.8. The first-order valence-electron chi connectivity index (χ1n) is 11.5. The molecule has 0 aliphatic rings. The van der Waals surface area contributed by atoms with Gasteiger partial charge in [0.25, 0.3) is 0 Å². The van der Waals surface area contributed by atoms with Crippen LogP contribution in [0.15, 0.2) is 18.2 Å². The van der Waals surface area contributed by atoms with Gasteiger partial charge >= 0.3 is 6.09 Å². The number of amides is 4. The van der Waals surface area contributed by atoms with Crippen LogP contribution in [-0.2, 0) is 19.1 Å². The predicted octanol–water partition coefficient (Wildman–Crippen LogP) is 2.87. The minimum absolute atomic E-state index is 0.162. The van der Waals surface area contributed by atoms with Gasteiger partial charge in [-0.05, 0) is 73.4 Å². The predicted molar refractivity (Wildman–Crippen MR) is 131 cm³/mol. The van der Waals surface area contributed by atoms with Crippen LogP contribution in [0, 0.1) is 13.8 Å². The average molecular weight is 477 g/mol. The van der Waals surface area contributed by atoms with Crippen LogP contribution in [0.4, 0.5) is 4.79 Å². The molecule has 0 radical (unpaired) electrons. The van der Waals surface area contributed by atoms with Gasteiger partial charge in [0.05, 0.1) is 6.42 Å². The summed E-state index contributed by atoms with van der Waals surface area (Å²) in [6.45, 7) is 16.0. The van der Waals surface area contributed by atoms with Crippen molar-refractivity contribution in [1.82, 2.24) is 15.5 Å². The first-order valence-corrected chi connectivity index (χ1v) is 11.5. The normalized spacial score (nSPS) is 13.3. The molecule has 1 rings (SSSR count). The molecule has 2 unspecified atom stereocenters. The maximum Gasteiger partial charge on any atom is 0.408 e. The molecule has 9 nitrogen and oxygen atoms in total. The molecule has 1 aromatic rings. The molecule has 0 saturated carbocycles. The summed E-state index contributed by atoms with van der Waals surface area (Å²) in [6.07, 6.45) is -1.29. The number of nitrogens with zero attached hydrogens (tertiary/aromatic N) is 1. The van der Waals surface area contributed by atoms with E-state index < -0.39 is 48.1 Å². The van der Waals surface area contributed by atoms with Gasteiger partial charge in [0.2, 0.25) is 17.7 Å². The third-order valence-electron chi connectivity index (χ3n) is 4.89. The fourth-order valence-corrected chi connectivity index (χ4v) is 3.55. The zero-order chi connectivity index (χ0) is 26.4. The molecule has 1 aromatic carbocycles. The number of nitrogens with one attached hydrogen (secondary N) is 2. The van der Waals surface area contributed by atoms with E-state index in [1.165, 1.54) is 4.90 Å². The number of alkyl carbamates (subject to hydrolysis) is 1. The molecule has 34 heavy (non-hydrogen) atoms. The highest BCUT2D eigenvalue weighted by Crippen LogP contribution is 2.29. The molecule has 190 valence electrons. The van der Waals surface area contributed by atoms with Gasteiger partial charge in [-0.15, -0.1) is 0 Å². The van der Waals surface area contributed by atoms with E-state index in [2.05, 4.69) is 10.6 Å². The Morgan fingerprint density at radius 3 is 2.09 bits per heavy atom. The number of rotatable bonds is 9. The number of carbonyl (C=O) groups is 4. The Kier molecular flexibility index (Phi) is 10.1. The lowest BCUT2D eigenvalue weighted by atomic mass is 9.94. The summed E-state index contributed by atoms with van der Waals surface area (Å²) >= 11 is 0. The van der Waals surface area contributed by atoms with E-state index >= 15 is 0 Å². The topological polar surface area (TPSA) is 131 Å². The van der Waals surface area contributed by atoms with Crippen molar-refractivity contribution >= 4 is 23.8 Å². The summed E-state index contributed by atoms with van der Waals surface area (Å²) < 4.78 is 5.27. The fourth-order valence-electron chi connectivity index (χ4n) is 3.55. The second-order valence-electron chi connectivity index (χ2n) is 10.1. The smallest absolute Gasteiger partial charge is 0.408 e. The second kappa shape index (κ2) is 11.9. The molecule has 0 spiro atoms. The minimum atomic E-state index is -1.30. The molecule has 0 saturated heterocycles. The quantitative estimate of drug-likeness (QED) is 0.504. The molecule has 0 aliphatic carbocycles. The third kappa shape index (κ3) is 8.68. The molecule has 0 bridgehead atoms. The minimum Gasteiger partial charge on any atom is -0.444 e. The fraction of sp³-hybridized carbons (Fsp3) is 0.600. The largest absolute Gasteiger partial charge is 0.444 e. The zero-order valence-corrected chi connectivity index (χ0v) is 21.8. The van der Waals surface area contributed by atoms with Gasteiger partial charge in [0.15, 0.2) is 0 Å². The molecule has 2 atom stereocenters. The van der Waals surface area contributed by atoms with Crippen LogP contribution in [0.2, 0.25) is 0 Å². The Balaban J connectivity index is 3.55. The standard InChI is InChI=1S/C25H40N4O5/c1-14(2)27-22(31)21(18-12-16(5)10-11-17(18)6)29(15(3)4)23(32)19(13-20(26)30)28-24(33)34-25(7,8)9/h10-12,14-15,19,21H,13H2,1-9H3,(H2,26,30)(H,27,31)(H,28,33). The van der Waals surface area contributed by atoms with E-state index in [1.807, 2.05) is 45.9 Å². The summed E-state index contributed by atoms with van der Waals surface area (Å²) in [7, 11) is 0. The van der Waals surface area contributed by atoms with Crippen molar-refractivity contribution in [2.45, 2.75) is 98.5 Å². The number of nitrogens with two attached hydrogens (primary N) is 1. The van der Waals surface area contributed by atoms with Crippen molar-refractivity contribution in [3.05, 3.63) is 34.9 Å². The Bertz CT molecular complexity index is 905. The van der Waals surface area contributed by atoms with Crippen LogP contribution in [-0.4, -0.2) is 52.4 Å². The third-order valence-corrected chi connectivity index (χ3v) is 4.89. The number of primary amides is 1. The van der Waals surface area contributed by atoms with Gasteiger partial charge in [-0.3, -0.25) is 14.4 Å². The van der Waals surface area contributed by atoms with E-state index in [1.54, 1.807) is 34.6 Å². The van der Waals surface area contributed by atoms with Crippen LogP contribution in [0.1, 0.15) is 77.6 Å². The lowest BCUT2D eigenvalue weighted by Crippen LogP contribution is -2.56. The molecule has 9 heteroatoms. The highest BCUT2D eigenvalue weighted by Gasteiger charge is 2.39. The molecule has 0 fully saturated rings. The van der Waals surface area contributed by atoms with Crippen molar-refractivity contribution in [1.29, 1.82) is 0 Å². The summed E-state index contributed by atoms with van der Waals surface area (Å²) in [6, 6.07) is 2.81. The first-order chi connectivity index (χ1) is 15.5. The summed E-state index contributed by atoms with van der Waals surface area (Å²) in [5.41, 5.74) is 7.01. The van der Waals surface area contributed by atoms with Crippen LogP contribution in [0.25, 0.3) is 0 Å². The van der Waals surface area contributed by atoms with Gasteiger partial charge in [0, 0.05) is 12.1 Å². The van der Waals surface area contributed by atoms with Crippen LogP contribution < -0.4 is 16.4 Å². The van der Waals surface area contributed by atoms with E-state index in [0.717, 1.165) is 11.1 Å². The van der Waals surface area contributed by atoms with E-state index in [-0.39, 0.29) is 11.9 Å². The molecule has 0 aliphatic heterocycles. The van der Waals surface area contributed by atoms with Gasteiger partial charge in [-0.1, -0.05) is 23.8 Å². The van der Waals surface area contributed by atoms with Crippen LogP contribution in [0.5, 0.6) is 0 Å². The van der Waals surface area contributed by atoms with Gasteiger partial charge in [-0.25, -0.2) is 4.79 Å². The number of hydrogen-bond donors (Lipinski definition) is 3. The summed E-state index contributed by atoms with van der Waals surface area (Å²) in [5, 5.41) is 5.36. The van der Waals surface area contributed by atoms with Crippen molar-refractivity contribution in [3.8, 4) is 0 Å². The first kappa shape index (κ1) is 28.9. The lowest BCUT2D eigenvalue weighted by molar-refractivity contribution is -0.145. The van der Waals surface area contributed by atoms with Crippen LogP contribution in [0.3, 0.4) is 0 Å². The SMILES string of the molecule is Cc1ccc(C)c(C(C(=O)NC(C)C)N(C(=O)C(CC(N)=O)NC(=O)OC(C)(C)C)C(C)C)c1. The Morgan fingerprint density at radius 2 is 1.62 bits per heavy atom. The maximum absolute atomic E-state index is 13.8. The molecule has 0 aromatic heterocycles. The number of ether oxygens (including phenoxy) is 1. The molecular formula is C25H40N4O5. The van der Waals surface area contributed by atoms with Crippen molar-refractivity contribution in [3.63, 3.8) is 0 Å². The number of carbonyl (C=O) groups excluding carboxylic acids is 4. The second-order valence-corrected chi connectivity index (χ2v) is 10.1. The average Bonchev–Trinajstić information content (AvgIpc) is 2.64. The molecule has 0 heterocycles. The highest BCUT2D eigenvalue weighted by molar-refractivity contribution is 5.95. The number of benzene rings is 1. The highest BCUT2D eigenvalue weighted by atomic mass is 16.6. The zero-order valence-electron chi connectivity index (χ0n) is 21.8. The van der Waals surface area contributed by atoms with E-state index in [0.29, 0.717) is 5.56 Å². The lowest BCUT2D eigenvalue weighted by Gasteiger charge is -2.38. The van der Waals surface area contributed by atoms with Crippen molar-refractivity contribution < 1.29 is 23.9 Å². The molecular weight excluding hydrogens is 436 g/mol. The Morgan fingerprint density at radius 1 is 1.03 bits per heavy atom. The van der Waals surface area contributed by atoms with Gasteiger partial charge in [0.1, 0.15) is 17.7 Å². The Labute approximate surface area is 202 Å². The van der Waals surface area contributed by atoms with Crippen molar-refractivity contribution in [2.75, 3.05) is 0 Å². The molecule has 4 amide bonds. The van der Waals surface area contributed by atoms with Gasteiger partial charge in [-0.2, -0.15) is 0 Å². The summed E-state index contributed by atoms with van der Waals surface area (Å²) in [4.78, 5) is 52.8. The Hall–Kier alpha value is -3.10. The van der Waals surface area contributed by atoms with E-state index in [9.17, 15) is 19.2 Å². The monoisotopic (exact) mass is 476 g/mol. The number of hydrogen-bond acceptors (Lipinski definition) is 5.